The molecule has 1 saturated carbocycles. The first-order chi connectivity index (χ1) is 15.1. The molecule has 0 spiro atoms. The number of para-hydroxylation sites is 1. The molecule has 1 fully saturated rings. The zero-order valence-electron chi connectivity index (χ0n) is 18.9. The maximum atomic E-state index is 12.1. The van der Waals surface area contributed by atoms with E-state index in [1.54, 1.807) is 0 Å². The van der Waals surface area contributed by atoms with Crippen molar-refractivity contribution in [1.29, 1.82) is 0 Å². The molecule has 1 amide bonds. The standard InChI is InChI=1S/C27H39NO3/c1-2-3-5-13-23(29)15-16-24-25-18-20(17-21(25)19-26(24)30)10-8-9-14-27(31)28-22-11-6-4-7-12-22/h4,6-7,11-12,15-17,21,23-26,29-30H,2-3,5,8-10,13-14,18-19H2,1H3,(H,28,31)/b16-15+/t21-,23-,24+,25-,26+/m0/s1. The number of aliphatic hydroxyl groups excluding tert-OH is 2. The Kier molecular flexibility index (Phi) is 9.35. The van der Waals surface area contributed by atoms with Gasteiger partial charge in [-0.1, -0.05) is 68.2 Å². The number of allylic oxidation sites excluding steroid dienone is 2. The molecule has 0 aliphatic heterocycles. The van der Waals surface area contributed by atoms with E-state index in [0.717, 1.165) is 63.5 Å². The van der Waals surface area contributed by atoms with Gasteiger partial charge in [-0.3, -0.25) is 4.79 Å². The molecule has 0 bridgehead atoms. The highest BCUT2D eigenvalue weighted by Gasteiger charge is 2.43. The highest BCUT2D eigenvalue weighted by molar-refractivity contribution is 5.90. The molecule has 0 heterocycles. The summed E-state index contributed by atoms with van der Waals surface area (Å²) in [6.07, 6.45) is 15.2. The maximum Gasteiger partial charge on any atom is 0.224 e. The van der Waals surface area contributed by atoms with Gasteiger partial charge < -0.3 is 15.5 Å². The number of carbonyl (C=O) groups is 1. The normalized spacial score (nSPS) is 26.1. The molecule has 1 aromatic rings. The van der Waals surface area contributed by atoms with Crippen molar-refractivity contribution in [3.05, 3.63) is 54.1 Å². The number of unbranched alkanes of at least 4 members (excludes halogenated alkanes) is 3. The van der Waals surface area contributed by atoms with Crippen LogP contribution in [0, 0.1) is 17.8 Å². The lowest BCUT2D eigenvalue weighted by atomic mass is 9.88. The van der Waals surface area contributed by atoms with Gasteiger partial charge >= 0.3 is 0 Å². The minimum atomic E-state index is -0.395. The van der Waals surface area contributed by atoms with Gasteiger partial charge in [0.2, 0.25) is 5.91 Å². The number of amides is 1. The fraction of sp³-hybridized carbons (Fsp3) is 0.593. The van der Waals surface area contributed by atoms with Crippen LogP contribution >= 0.6 is 0 Å². The van der Waals surface area contributed by atoms with E-state index in [2.05, 4.69) is 24.4 Å². The quantitative estimate of drug-likeness (QED) is 0.300. The number of carbonyl (C=O) groups excluding carboxylic acids is 1. The van der Waals surface area contributed by atoms with Crippen molar-refractivity contribution >= 4 is 11.6 Å². The van der Waals surface area contributed by atoms with E-state index >= 15 is 0 Å². The number of rotatable bonds is 12. The van der Waals surface area contributed by atoms with Gasteiger partial charge in [0.15, 0.2) is 0 Å². The fourth-order valence-electron chi connectivity index (χ4n) is 5.13. The Morgan fingerprint density at radius 3 is 2.77 bits per heavy atom. The minimum Gasteiger partial charge on any atom is -0.392 e. The Bertz CT molecular complexity index is 742. The van der Waals surface area contributed by atoms with E-state index < -0.39 is 6.10 Å². The molecule has 31 heavy (non-hydrogen) atoms. The SMILES string of the molecule is CCCCC[C@H](O)/C=C/[C@@H]1[C@H]2CC(CCCCC(=O)Nc3ccccc3)=C[C@H]2C[C@H]1O. The van der Waals surface area contributed by atoms with Crippen molar-refractivity contribution in [3.63, 3.8) is 0 Å². The van der Waals surface area contributed by atoms with E-state index in [-0.39, 0.29) is 17.9 Å². The summed E-state index contributed by atoms with van der Waals surface area (Å²) in [5, 5.41) is 23.6. The third-order valence-electron chi connectivity index (χ3n) is 6.82. The van der Waals surface area contributed by atoms with Crippen LogP contribution in [0.25, 0.3) is 0 Å². The second-order valence-electron chi connectivity index (χ2n) is 9.31. The van der Waals surface area contributed by atoms with Crippen LogP contribution in [0.2, 0.25) is 0 Å². The first-order valence-corrected chi connectivity index (χ1v) is 12.2. The smallest absolute Gasteiger partial charge is 0.224 e. The zero-order chi connectivity index (χ0) is 22.1. The number of aliphatic hydroxyl groups is 2. The predicted octanol–water partition coefficient (Wildman–Crippen LogP) is 5.63. The average Bonchev–Trinajstić information content (AvgIpc) is 3.27. The van der Waals surface area contributed by atoms with E-state index in [4.69, 9.17) is 0 Å². The maximum absolute atomic E-state index is 12.1. The molecule has 0 aromatic heterocycles. The molecule has 2 aliphatic rings. The van der Waals surface area contributed by atoms with Crippen LogP contribution < -0.4 is 5.32 Å². The molecule has 0 unspecified atom stereocenters. The van der Waals surface area contributed by atoms with Gasteiger partial charge in [-0.25, -0.2) is 0 Å². The highest BCUT2D eigenvalue weighted by atomic mass is 16.3. The summed E-state index contributed by atoms with van der Waals surface area (Å²) in [7, 11) is 0. The van der Waals surface area contributed by atoms with Crippen molar-refractivity contribution < 1.29 is 15.0 Å². The molecule has 2 aliphatic carbocycles. The van der Waals surface area contributed by atoms with Crippen LogP contribution in [0.1, 0.15) is 71.1 Å². The van der Waals surface area contributed by atoms with Gasteiger partial charge in [0.1, 0.15) is 0 Å². The van der Waals surface area contributed by atoms with Crippen molar-refractivity contribution in [3.8, 4) is 0 Å². The molecule has 0 radical (unpaired) electrons. The van der Waals surface area contributed by atoms with Crippen molar-refractivity contribution in [2.24, 2.45) is 17.8 Å². The van der Waals surface area contributed by atoms with Crippen molar-refractivity contribution in [2.45, 2.75) is 83.3 Å². The van der Waals surface area contributed by atoms with Gasteiger partial charge in [0.25, 0.3) is 0 Å². The third kappa shape index (κ3) is 7.33. The van der Waals surface area contributed by atoms with Crippen LogP contribution in [-0.2, 0) is 4.79 Å². The fourth-order valence-corrected chi connectivity index (χ4v) is 5.13. The van der Waals surface area contributed by atoms with Crippen LogP contribution in [-0.4, -0.2) is 28.3 Å². The van der Waals surface area contributed by atoms with Crippen molar-refractivity contribution in [2.75, 3.05) is 5.32 Å². The summed E-state index contributed by atoms with van der Waals surface area (Å²) in [5.74, 6) is 1.15. The first kappa shape index (κ1) is 23.7. The second-order valence-corrected chi connectivity index (χ2v) is 9.31. The summed E-state index contributed by atoms with van der Waals surface area (Å²) in [4.78, 5) is 12.1. The van der Waals surface area contributed by atoms with Gasteiger partial charge in [-0.2, -0.15) is 0 Å². The predicted molar refractivity (Wildman–Crippen MR) is 127 cm³/mol. The molecule has 0 saturated heterocycles. The number of fused-ring (bicyclic) bond motifs is 1. The number of hydrogen-bond acceptors (Lipinski definition) is 3. The summed E-state index contributed by atoms with van der Waals surface area (Å²) >= 11 is 0. The summed E-state index contributed by atoms with van der Waals surface area (Å²) in [5.41, 5.74) is 2.33. The van der Waals surface area contributed by atoms with Gasteiger partial charge in [-0.05, 0) is 62.5 Å². The summed E-state index contributed by atoms with van der Waals surface area (Å²) in [6, 6.07) is 9.60. The highest BCUT2D eigenvalue weighted by Crippen LogP contribution is 2.48. The molecular formula is C27H39NO3. The molecule has 4 heteroatoms. The summed E-state index contributed by atoms with van der Waals surface area (Å²) in [6.45, 7) is 2.17. The number of nitrogens with one attached hydrogen (secondary N) is 1. The monoisotopic (exact) mass is 425 g/mol. The van der Waals surface area contributed by atoms with Crippen molar-refractivity contribution in [1.82, 2.24) is 0 Å². The summed E-state index contributed by atoms with van der Waals surface area (Å²) < 4.78 is 0. The second kappa shape index (κ2) is 12.2. The minimum absolute atomic E-state index is 0.0780. The molecular weight excluding hydrogens is 386 g/mol. The van der Waals surface area contributed by atoms with Gasteiger partial charge in [-0.15, -0.1) is 0 Å². The van der Waals surface area contributed by atoms with Gasteiger partial charge in [0, 0.05) is 18.0 Å². The molecule has 5 atom stereocenters. The molecule has 4 nitrogen and oxygen atoms in total. The average molecular weight is 426 g/mol. The lowest BCUT2D eigenvalue weighted by molar-refractivity contribution is -0.116. The largest absolute Gasteiger partial charge is 0.392 e. The molecule has 170 valence electrons. The Morgan fingerprint density at radius 1 is 1.19 bits per heavy atom. The Hall–Kier alpha value is -1.91. The number of hydrogen-bond donors (Lipinski definition) is 3. The van der Waals surface area contributed by atoms with E-state index in [1.165, 1.54) is 5.57 Å². The van der Waals surface area contributed by atoms with E-state index in [9.17, 15) is 15.0 Å². The van der Waals surface area contributed by atoms with Gasteiger partial charge in [0.05, 0.1) is 12.2 Å². The molecule has 3 rings (SSSR count). The van der Waals surface area contributed by atoms with E-state index in [0.29, 0.717) is 18.3 Å². The molecule has 1 aromatic carbocycles. The third-order valence-corrected chi connectivity index (χ3v) is 6.82. The number of benzene rings is 1. The van der Waals surface area contributed by atoms with E-state index in [1.807, 2.05) is 36.4 Å². The molecule has 3 N–H and O–H groups in total. The van der Waals surface area contributed by atoms with Crippen LogP contribution in [0.3, 0.4) is 0 Å². The zero-order valence-corrected chi connectivity index (χ0v) is 18.9. The Morgan fingerprint density at radius 2 is 2.00 bits per heavy atom. The lowest BCUT2D eigenvalue weighted by Crippen LogP contribution is -2.18. The lowest BCUT2D eigenvalue weighted by Gasteiger charge is -2.19. The Labute approximate surface area is 187 Å². The topological polar surface area (TPSA) is 69.6 Å². The van der Waals surface area contributed by atoms with Crippen LogP contribution in [0.5, 0.6) is 0 Å². The number of anilines is 1. The first-order valence-electron chi connectivity index (χ1n) is 12.2. The Balaban J connectivity index is 1.37. The van der Waals surface area contributed by atoms with Crippen LogP contribution in [0.15, 0.2) is 54.1 Å². The van der Waals surface area contributed by atoms with Crippen LogP contribution in [0.4, 0.5) is 5.69 Å².